The van der Waals surface area contributed by atoms with Gasteiger partial charge in [-0.3, -0.25) is 9.67 Å². The Kier molecular flexibility index (Phi) is 8.40. The van der Waals surface area contributed by atoms with E-state index >= 15 is 0 Å². The number of rotatable bonds is 8. The number of methoxy groups -OCH3 is 1. The second kappa shape index (κ2) is 12.5. The highest BCUT2D eigenvalue weighted by molar-refractivity contribution is 9.10. The monoisotopic (exact) mass is 716 g/mol. The first-order valence-corrected chi connectivity index (χ1v) is 19.0. The van der Waals surface area contributed by atoms with E-state index in [0.717, 1.165) is 53.7 Å². The van der Waals surface area contributed by atoms with Crippen molar-refractivity contribution < 1.29 is 9.30 Å². The molecule has 2 aromatic carbocycles. The van der Waals surface area contributed by atoms with Gasteiger partial charge in [-0.2, -0.15) is 10.1 Å². The number of aryl methyl sites for hydroxylation is 1. The van der Waals surface area contributed by atoms with E-state index in [1.165, 1.54) is 12.8 Å². The van der Waals surface area contributed by atoms with Crippen LogP contribution in [0.1, 0.15) is 12.8 Å². The lowest BCUT2D eigenvalue weighted by Crippen LogP contribution is -2.47. The van der Waals surface area contributed by atoms with Crippen LogP contribution in [0.4, 0.5) is 28.8 Å². The summed E-state index contributed by atoms with van der Waals surface area (Å²) < 4.78 is 20.9. The van der Waals surface area contributed by atoms with Crippen molar-refractivity contribution in [2.45, 2.75) is 18.9 Å². The number of benzene rings is 2. The molecule has 2 aliphatic heterocycles. The number of hydrogen-bond donors (Lipinski definition) is 2. The molecule has 2 atom stereocenters. The number of nitrogens with zero attached hydrogens (tertiary/aromatic N) is 8. The lowest BCUT2D eigenvalue weighted by atomic mass is 9.91. The third-order valence-corrected chi connectivity index (χ3v) is 11.0. The van der Waals surface area contributed by atoms with Gasteiger partial charge in [0, 0.05) is 67.1 Å². The van der Waals surface area contributed by atoms with Gasteiger partial charge in [0.1, 0.15) is 24.1 Å². The first kappa shape index (κ1) is 31.5. The smallest absolute Gasteiger partial charge is 0.229 e. The summed E-state index contributed by atoms with van der Waals surface area (Å²) >= 11 is 3.59. The lowest BCUT2D eigenvalue weighted by molar-refractivity contribution is 0.246. The molecule has 2 fully saturated rings. The number of likely N-dealkylation sites (tertiary alicyclic amines) is 1. The minimum atomic E-state index is -2.51. The van der Waals surface area contributed by atoms with Crippen LogP contribution in [-0.2, 0) is 11.6 Å². The van der Waals surface area contributed by atoms with E-state index in [1.54, 1.807) is 32.8 Å². The minimum absolute atomic E-state index is 0.402. The number of piperidine rings is 1. The zero-order valence-electron chi connectivity index (χ0n) is 27.1. The van der Waals surface area contributed by atoms with Crippen LogP contribution in [0.5, 0.6) is 5.75 Å². The number of likely N-dealkylation sites (N-methyl/N-ethyl adjacent to an activating group) is 1. The Labute approximate surface area is 282 Å². The molecule has 3 aromatic heterocycles. The molecular formula is C33H38BrN10O2P. The largest absolute Gasteiger partial charge is 0.494 e. The Morgan fingerprint density at radius 2 is 1.81 bits per heavy atom. The number of halogens is 1. The molecule has 0 aliphatic carbocycles. The molecule has 0 spiro atoms. The van der Waals surface area contributed by atoms with Crippen molar-refractivity contribution in [1.82, 2.24) is 34.6 Å². The van der Waals surface area contributed by atoms with Crippen molar-refractivity contribution in [3.8, 4) is 16.9 Å². The lowest BCUT2D eigenvalue weighted by Gasteiger charge is -2.39. The van der Waals surface area contributed by atoms with E-state index in [2.05, 4.69) is 75.6 Å². The average molecular weight is 718 g/mol. The van der Waals surface area contributed by atoms with Gasteiger partial charge in [0.15, 0.2) is 0 Å². The van der Waals surface area contributed by atoms with Crippen LogP contribution in [0.25, 0.3) is 22.2 Å². The molecule has 2 saturated heterocycles. The minimum Gasteiger partial charge on any atom is -0.494 e. The molecule has 5 aromatic rings. The summed E-state index contributed by atoms with van der Waals surface area (Å²) in [6.07, 6.45) is 9.69. The molecule has 0 bridgehead atoms. The topological polar surface area (TPSA) is 126 Å². The second-order valence-electron chi connectivity index (χ2n) is 12.7. The number of aromatic nitrogens is 6. The number of nitrogens with one attached hydrogen (secondary N) is 2. The van der Waals surface area contributed by atoms with E-state index in [4.69, 9.17) is 9.72 Å². The van der Waals surface area contributed by atoms with Gasteiger partial charge in [0.2, 0.25) is 5.95 Å². The van der Waals surface area contributed by atoms with Gasteiger partial charge >= 0.3 is 0 Å². The highest BCUT2D eigenvalue weighted by atomic mass is 79.9. The van der Waals surface area contributed by atoms with Crippen molar-refractivity contribution in [2.24, 2.45) is 13.0 Å². The fourth-order valence-electron chi connectivity index (χ4n) is 6.57. The Balaban J connectivity index is 1.19. The standard InChI is InChI=1S/C33H38BrN10O2P/c1-42-10-8-20-9-11-44(19-29(20)42)28-14-30(46-3)27(13-23(28)21-15-37-43(2)18-21)40-33-36-16-24(34)32(41-33)38-22-6-7-25-26(12-22)35-17-31(39-25)47(4,5)45/h6-7,12-18,20,29H,8-11,19H2,1-5H3,(H2,36,38,40,41). The SMILES string of the molecule is COc1cc(N2CCC3CCN(C)C3C2)c(-c2cnn(C)c2)cc1Nc1ncc(Br)c(Nc2ccc3nc(P(C)(C)=O)cnc3c2)n1. The summed E-state index contributed by atoms with van der Waals surface area (Å²) in [5, 5.41) is 11.2. The molecular weight excluding hydrogens is 679 g/mol. The summed E-state index contributed by atoms with van der Waals surface area (Å²) in [5.41, 5.74) is 6.63. The molecule has 244 valence electrons. The van der Waals surface area contributed by atoms with Gasteiger partial charge in [0.25, 0.3) is 0 Å². The maximum absolute atomic E-state index is 12.5. The highest BCUT2D eigenvalue weighted by Gasteiger charge is 2.37. The Hall–Kier alpha value is -4.06. The van der Waals surface area contributed by atoms with Crippen LogP contribution in [0.3, 0.4) is 0 Å². The van der Waals surface area contributed by atoms with Gasteiger partial charge in [0.05, 0.1) is 40.7 Å². The maximum Gasteiger partial charge on any atom is 0.229 e. The molecule has 47 heavy (non-hydrogen) atoms. The summed E-state index contributed by atoms with van der Waals surface area (Å²) in [7, 11) is 3.35. The zero-order chi connectivity index (χ0) is 32.9. The summed E-state index contributed by atoms with van der Waals surface area (Å²) in [5.74, 6) is 2.43. The van der Waals surface area contributed by atoms with E-state index in [0.29, 0.717) is 44.5 Å². The summed E-state index contributed by atoms with van der Waals surface area (Å²) in [6.45, 7) is 6.53. The first-order chi connectivity index (χ1) is 22.6. The van der Waals surface area contributed by atoms with E-state index in [9.17, 15) is 4.57 Å². The number of fused-ring (bicyclic) bond motifs is 2. The highest BCUT2D eigenvalue weighted by Crippen LogP contribution is 2.43. The fraction of sp³-hybridized carbons (Fsp3) is 0.364. The quantitative estimate of drug-likeness (QED) is 0.188. The van der Waals surface area contributed by atoms with E-state index < -0.39 is 7.14 Å². The van der Waals surface area contributed by atoms with Gasteiger partial charge in [-0.1, -0.05) is 0 Å². The molecule has 14 heteroatoms. The molecule has 2 aliphatic rings. The van der Waals surface area contributed by atoms with Gasteiger partial charge in [-0.05, 0) is 85.9 Å². The van der Waals surface area contributed by atoms with Crippen LogP contribution in [-0.4, -0.2) is 87.8 Å². The molecule has 7 rings (SSSR count). The molecule has 0 saturated carbocycles. The van der Waals surface area contributed by atoms with E-state index in [1.807, 2.05) is 42.3 Å². The number of anilines is 5. The van der Waals surface area contributed by atoms with Crippen molar-refractivity contribution >= 4 is 68.4 Å². The molecule has 0 amide bonds. The zero-order valence-corrected chi connectivity index (χ0v) is 29.6. The predicted octanol–water partition coefficient (Wildman–Crippen LogP) is 5.86. The van der Waals surface area contributed by atoms with Crippen molar-refractivity contribution in [3.05, 3.63) is 59.6 Å². The number of ether oxygens (including phenoxy) is 1. The third-order valence-electron chi connectivity index (χ3n) is 9.15. The normalized spacial score (nSPS) is 18.4. The van der Waals surface area contributed by atoms with Crippen LogP contribution in [0.15, 0.2) is 59.6 Å². The van der Waals surface area contributed by atoms with Crippen molar-refractivity contribution in [2.75, 3.05) is 62.7 Å². The van der Waals surface area contributed by atoms with Crippen LogP contribution in [0.2, 0.25) is 0 Å². The third kappa shape index (κ3) is 6.44. The summed E-state index contributed by atoms with van der Waals surface area (Å²) in [6, 6.07) is 10.4. The van der Waals surface area contributed by atoms with Crippen LogP contribution < -0.4 is 25.7 Å². The van der Waals surface area contributed by atoms with Crippen LogP contribution >= 0.6 is 23.1 Å². The number of hydrogen-bond acceptors (Lipinski definition) is 11. The van der Waals surface area contributed by atoms with Gasteiger partial charge in [-0.25, -0.2) is 9.97 Å². The Morgan fingerprint density at radius 3 is 2.57 bits per heavy atom. The fourth-order valence-corrected chi connectivity index (χ4v) is 7.54. The molecule has 2 unspecified atom stereocenters. The average Bonchev–Trinajstić information content (AvgIpc) is 3.66. The molecule has 12 nitrogen and oxygen atoms in total. The van der Waals surface area contributed by atoms with Gasteiger partial charge in [-0.15, -0.1) is 0 Å². The Bertz CT molecular complexity index is 2010. The molecule has 5 heterocycles. The maximum atomic E-state index is 12.5. The molecule has 0 radical (unpaired) electrons. The predicted molar refractivity (Wildman–Crippen MR) is 191 cm³/mol. The van der Waals surface area contributed by atoms with Crippen LogP contribution in [0, 0.1) is 5.92 Å². The second-order valence-corrected chi connectivity index (χ2v) is 16.7. The summed E-state index contributed by atoms with van der Waals surface area (Å²) in [4.78, 5) is 23.4. The molecule has 2 N–H and O–H groups in total. The van der Waals surface area contributed by atoms with E-state index in [-0.39, 0.29) is 0 Å². The van der Waals surface area contributed by atoms with Gasteiger partial charge < -0.3 is 29.7 Å². The van der Waals surface area contributed by atoms with Crippen molar-refractivity contribution in [3.63, 3.8) is 0 Å². The Morgan fingerprint density at radius 1 is 0.979 bits per heavy atom. The van der Waals surface area contributed by atoms with Crippen molar-refractivity contribution in [1.29, 1.82) is 0 Å². The first-order valence-electron chi connectivity index (χ1n) is 15.6.